The predicted molar refractivity (Wildman–Crippen MR) is 78.3 cm³/mol. The summed E-state index contributed by atoms with van der Waals surface area (Å²) in [6.45, 7) is 2.05. The normalized spacial score (nSPS) is 20.4. The second-order valence-corrected chi connectivity index (χ2v) is 8.11. The Morgan fingerprint density at radius 3 is 2.35 bits per heavy atom. The smallest absolute Gasteiger partial charge is 0.264 e. The summed E-state index contributed by atoms with van der Waals surface area (Å²) in [7, 11) is -3.86. The van der Waals surface area contributed by atoms with E-state index in [4.69, 9.17) is 23.2 Å². The summed E-state index contributed by atoms with van der Waals surface area (Å²) in [6, 6.07) is 6.46. The van der Waals surface area contributed by atoms with Crippen LogP contribution in [0.1, 0.15) is 25.3 Å². The zero-order valence-electron chi connectivity index (χ0n) is 10.9. The molecule has 2 rings (SSSR count). The van der Waals surface area contributed by atoms with Gasteiger partial charge in [-0.05, 0) is 30.5 Å². The van der Waals surface area contributed by atoms with Crippen molar-refractivity contribution < 1.29 is 13.2 Å². The van der Waals surface area contributed by atoms with Gasteiger partial charge in [0, 0.05) is 0 Å². The minimum atomic E-state index is -3.86. The highest BCUT2D eigenvalue weighted by molar-refractivity contribution is 7.90. The maximum absolute atomic E-state index is 12.0. The number of hydrogen-bond acceptors (Lipinski definition) is 3. The first-order chi connectivity index (χ1) is 9.26. The van der Waals surface area contributed by atoms with Gasteiger partial charge in [0.05, 0.1) is 10.8 Å². The summed E-state index contributed by atoms with van der Waals surface area (Å²) in [6.07, 6.45) is 2.14. The molecule has 1 aromatic carbocycles. The molecular weight excluding hydrogens is 321 g/mol. The quantitative estimate of drug-likeness (QED) is 0.841. The Bertz CT molecular complexity index is 611. The SMILES string of the molecule is CCCc1ccc(S(=O)(=O)NC(=O)C2CC2(Cl)Cl)cc1. The fraction of sp³-hybridized carbons (Fsp3) is 0.462. The van der Waals surface area contributed by atoms with Crippen LogP contribution in [0.2, 0.25) is 0 Å². The van der Waals surface area contributed by atoms with E-state index in [1.54, 1.807) is 12.1 Å². The maximum atomic E-state index is 12.0. The lowest BCUT2D eigenvalue weighted by Crippen LogP contribution is -2.33. The summed E-state index contributed by atoms with van der Waals surface area (Å²) in [5.74, 6) is -1.33. The lowest BCUT2D eigenvalue weighted by atomic mass is 10.1. The van der Waals surface area contributed by atoms with Crippen LogP contribution in [0.5, 0.6) is 0 Å². The highest BCUT2D eigenvalue weighted by atomic mass is 35.5. The molecule has 7 heteroatoms. The number of benzene rings is 1. The van der Waals surface area contributed by atoms with E-state index in [9.17, 15) is 13.2 Å². The number of rotatable bonds is 5. The molecule has 0 heterocycles. The molecule has 110 valence electrons. The third-order valence-corrected chi connectivity index (χ3v) is 5.35. The molecule has 1 N–H and O–H groups in total. The first-order valence-electron chi connectivity index (χ1n) is 6.29. The third-order valence-electron chi connectivity index (χ3n) is 3.15. The van der Waals surface area contributed by atoms with Crippen molar-refractivity contribution in [2.45, 2.75) is 35.4 Å². The van der Waals surface area contributed by atoms with Crippen LogP contribution in [0.15, 0.2) is 29.2 Å². The summed E-state index contributed by atoms with van der Waals surface area (Å²) in [4.78, 5) is 11.8. The molecule has 1 aromatic rings. The van der Waals surface area contributed by atoms with Crippen molar-refractivity contribution in [3.63, 3.8) is 0 Å². The minimum Gasteiger partial charge on any atom is -0.274 e. The number of sulfonamides is 1. The van der Waals surface area contributed by atoms with Gasteiger partial charge in [0.2, 0.25) is 5.91 Å². The van der Waals surface area contributed by atoms with Gasteiger partial charge in [0.25, 0.3) is 10.0 Å². The van der Waals surface area contributed by atoms with E-state index >= 15 is 0 Å². The third kappa shape index (κ3) is 3.45. The van der Waals surface area contributed by atoms with Crippen LogP contribution in [-0.2, 0) is 21.2 Å². The predicted octanol–water partition coefficient (Wildman–Crippen LogP) is 2.64. The molecular formula is C13H15Cl2NO3S. The lowest BCUT2D eigenvalue weighted by molar-refractivity contribution is -0.120. The van der Waals surface area contributed by atoms with Crippen molar-refractivity contribution in [3.05, 3.63) is 29.8 Å². The highest BCUT2D eigenvalue weighted by Gasteiger charge is 2.57. The Balaban J connectivity index is 2.08. The Hall–Kier alpha value is -0.780. The number of alkyl halides is 2. The zero-order valence-corrected chi connectivity index (χ0v) is 13.2. The van der Waals surface area contributed by atoms with Crippen LogP contribution >= 0.6 is 23.2 Å². The molecule has 0 saturated heterocycles. The summed E-state index contributed by atoms with van der Waals surface area (Å²) in [5.41, 5.74) is 1.06. The Morgan fingerprint density at radius 1 is 1.35 bits per heavy atom. The van der Waals surface area contributed by atoms with Crippen molar-refractivity contribution in [2.75, 3.05) is 0 Å². The van der Waals surface area contributed by atoms with Crippen molar-refractivity contribution in [1.29, 1.82) is 0 Å². The molecule has 0 bridgehead atoms. The van der Waals surface area contributed by atoms with E-state index < -0.39 is 26.2 Å². The van der Waals surface area contributed by atoms with Gasteiger partial charge in [0.1, 0.15) is 4.33 Å². The van der Waals surface area contributed by atoms with Crippen LogP contribution < -0.4 is 4.72 Å². The molecule has 20 heavy (non-hydrogen) atoms. The summed E-state index contributed by atoms with van der Waals surface area (Å²) >= 11 is 11.5. The molecule has 0 radical (unpaired) electrons. The monoisotopic (exact) mass is 335 g/mol. The number of aryl methyl sites for hydroxylation is 1. The molecule has 1 atom stereocenters. The van der Waals surface area contributed by atoms with E-state index in [2.05, 4.69) is 0 Å². The van der Waals surface area contributed by atoms with Gasteiger partial charge in [-0.15, -0.1) is 23.2 Å². The molecule has 1 amide bonds. The van der Waals surface area contributed by atoms with Crippen molar-refractivity contribution in [2.24, 2.45) is 5.92 Å². The number of nitrogens with one attached hydrogen (secondary N) is 1. The van der Waals surface area contributed by atoms with Gasteiger partial charge in [0.15, 0.2) is 0 Å². The topological polar surface area (TPSA) is 63.2 Å². The van der Waals surface area contributed by atoms with Crippen LogP contribution in [0, 0.1) is 5.92 Å². The Kier molecular flexibility index (Phi) is 4.33. The second kappa shape index (κ2) is 5.54. The van der Waals surface area contributed by atoms with E-state index in [1.165, 1.54) is 12.1 Å². The van der Waals surface area contributed by atoms with Gasteiger partial charge in [-0.2, -0.15) is 0 Å². The van der Waals surface area contributed by atoms with Gasteiger partial charge in [-0.25, -0.2) is 13.1 Å². The van der Waals surface area contributed by atoms with Crippen LogP contribution in [0.4, 0.5) is 0 Å². The van der Waals surface area contributed by atoms with E-state index in [0.29, 0.717) is 0 Å². The fourth-order valence-electron chi connectivity index (χ4n) is 1.88. The Labute approximate surface area is 128 Å². The van der Waals surface area contributed by atoms with Crippen LogP contribution in [0.3, 0.4) is 0 Å². The fourth-order valence-corrected chi connectivity index (χ4v) is 3.41. The zero-order chi connectivity index (χ0) is 15.0. The molecule has 0 aliphatic heterocycles. The number of carbonyl (C=O) groups is 1. The standard InChI is InChI=1S/C13H15Cl2NO3S/c1-2-3-9-4-6-10(7-5-9)20(18,19)16-12(17)11-8-13(11,14)15/h4-7,11H,2-3,8H2,1H3,(H,16,17). The Morgan fingerprint density at radius 2 is 1.90 bits per heavy atom. The van der Waals surface area contributed by atoms with Crippen LogP contribution in [0.25, 0.3) is 0 Å². The number of halogens is 2. The molecule has 1 unspecified atom stereocenters. The minimum absolute atomic E-state index is 0.0566. The van der Waals surface area contributed by atoms with E-state index in [-0.39, 0.29) is 11.3 Å². The molecule has 1 aliphatic rings. The summed E-state index contributed by atoms with van der Waals surface area (Å²) in [5, 5.41) is 0. The van der Waals surface area contributed by atoms with Crippen molar-refractivity contribution in [3.8, 4) is 0 Å². The molecule has 1 aliphatic carbocycles. The average molecular weight is 336 g/mol. The maximum Gasteiger partial charge on any atom is 0.264 e. The highest BCUT2D eigenvalue weighted by Crippen LogP contribution is 2.53. The van der Waals surface area contributed by atoms with Crippen molar-refractivity contribution >= 4 is 39.1 Å². The van der Waals surface area contributed by atoms with Gasteiger partial charge in [-0.1, -0.05) is 25.5 Å². The van der Waals surface area contributed by atoms with E-state index in [1.807, 2.05) is 11.6 Å². The number of carbonyl (C=O) groups excluding carboxylic acids is 1. The largest absolute Gasteiger partial charge is 0.274 e. The second-order valence-electron chi connectivity index (χ2n) is 4.88. The first kappa shape index (κ1) is 15.6. The van der Waals surface area contributed by atoms with Crippen molar-refractivity contribution in [1.82, 2.24) is 4.72 Å². The molecule has 1 saturated carbocycles. The molecule has 1 fully saturated rings. The average Bonchev–Trinajstić information content (AvgIpc) is 2.99. The number of amides is 1. The molecule has 0 aromatic heterocycles. The lowest BCUT2D eigenvalue weighted by Gasteiger charge is -2.07. The van der Waals surface area contributed by atoms with Gasteiger partial charge in [-0.3, -0.25) is 4.79 Å². The molecule has 0 spiro atoms. The first-order valence-corrected chi connectivity index (χ1v) is 8.53. The van der Waals surface area contributed by atoms with Gasteiger partial charge < -0.3 is 0 Å². The number of hydrogen-bond donors (Lipinski definition) is 1. The summed E-state index contributed by atoms with van der Waals surface area (Å²) < 4.78 is 24.9. The van der Waals surface area contributed by atoms with Gasteiger partial charge >= 0.3 is 0 Å². The van der Waals surface area contributed by atoms with Crippen LogP contribution in [-0.4, -0.2) is 18.7 Å². The van der Waals surface area contributed by atoms with E-state index in [0.717, 1.165) is 18.4 Å². The molecule has 4 nitrogen and oxygen atoms in total.